The smallest absolute Gasteiger partial charge is 0.289 e. The van der Waals surface area contributed by atoms with Crippen molar-refractivity contribution < 1.29 is 9.66 Å². The van der Waals surface area contributed by atoms with Gasteiger partial charge >= 0.3 is 0 Å². The first-order valence-electron chi connectivity index (χ1n) is 6.16. The van der Waals surface area contributed by atoms with E-state index in [9.17, 15) is 10.1 Å². The maximum atomic E-state index is 10.9. The number of thiocarbonyl (C=S) groups is 1. The lowest BCUT2D eigenvalue weighted by Gasteiger charge is -2.13. The van der Waals surface area contributed by atoms with E-state index in [1.165, 1.54) is 12.1 Å². The maximum Gasteiger partial charge on any atom is 0.289 e. The summed E-state index contributed by atoms with van der Waals surface area (Å²) in [6, 6.07) is 11.6. The minimum absolute atomic E-state index is 0.0687. The van der Waals surface area contributed by atoms with E-state index in [0.29, 0.717) is 17.1 Å². The van der Waals surface area contributed by atoms with Gasteiger partial charge in [-0.15, -0.1) is 0 Å². The number of para-hydroxylation sites is 2. The molecular weight excluding hydrogens is 326 g/mol. The molecule has 0 spiro atoms. The summed E-state index contributed by atoms with van der Waals surface area (Å²) >= 11 is 10.9. The lowest BCUT2D eigenvalue weighted by atomic mass is 10.3. The van der Waals surface area contributed by atoms with Gasteiger partial charge in [-0.05, 0) is 36.5 Å². The van der Waals surface area contributed by atoms with E-state index in [1.807, 2.05) is 12.1 Å². The summed E-state index contributed by atoms with van der Waals surface area (Å²) < 4.78 is 5.21. The van der Waals surface area contributed by atoms with Crippen LogP contribution in [0.3, 0.4) is 0 Å². The summed E-state index contributed by atoms with van der Waals surface area (Å²) in [6.07, 6.45) is 0. The zero-order valence-electron chi connectivity index (χ0n) is 11.5. The first-order chi connectivity index (χ1) is 10.5. The molecule has 0 heterocycles. The van der Waals surface area contributed by atoms with Crippen molar-refractivity contribution in [3.63, 3.8) is 0 Å². The number of benzene rings is 2. The average Bonchev–Trinajstić information content (AvgIpc) is 2.49. The molecule has 0 radical (unpaired) electrons. The molecule has 22 heavy (non-hydrogen) atoms. The molecule has 0 aromatic heterocycles. The van der Waals surface area contributed by atoms with Gasteiger partial charge in [-0.2, -0.15) is 0 Å². The van der Waals surface area contributed by atoms with Crippen LogP contribution in [0.4, 0.5) is 17.1 Å². The van der Waals surface area contributed by atoms with E-state index in [-0.39, 0.29) is 15.8 Å². The summed E-state index contributed by atoms with van der Waals surface area (Å²) in [5.74, 6) is 0.633. The molecule has 0 saturated carbocycles. The molecule has 114 valence electrons. The van der Waals surface area contributed by atoms with Crippen LogP contribution in [0.2, 0.25) is 5.02 Å². The van der Waals surface area contributed by atoms with Crippen LogP contribution in [0.15, 0.2) is 42.5 Å². The molecule has 2 aromatic rings. The van der Waals surface area contributed by atoms with Crippen LogP contribution >= 0.6 is 23.8 Å². The van der Waals surface area contributed by atoms with Gasteiger partial charge in [0, 0.05) is 11.8 Å². The van der Waals surface area contributed by atoms with E-state index in [2.05, 4.69) is 10.6 Å². The van der Waals surface area contributed by atoms with E-state index in [0.717, 1.165) is 0 Å². The summed E-state index contributed by atoms with van der Waals surface area (Å²) in [5.41, 5.74) is 0.959. The van der Waals surface area contributed by atoms with Gasteiger partial charge in [0.25, 0.3) is 5.69 Å². The van der Waals surface area contributed by atoms with Crippen molar-refractivity contribution in [3.05, 3.63) is 57.6 Å². The van der Waals surface area contributed by atoms with Gasteiger partial charge in [0.05, 0.1) is 17.7 Å². The van der Waals surface area contributed by atoms with E-state index in [4.69, 9.17) is 28.6 Å². The zero-order valence-corrected chi connectivity index (χ0v) is 13.1. The van der Waals surface area contributed by atoms with Crippen LogP contribution in [0, 0.1) is 10.1 Å². The predicted molar refractivity (Wildman–Crippen MR) is 90.9 cm³/mol. The van der Waals surface area contributed by atoms with Crippen molar-refractivity contribution in [3.8, 4) is 5.75 Å². The van der Waals surface area contributed by atoms with Crippen LogP contribution in [0.25, 0.3) is 0 Å². The summed E-state index contributed by atoms with van der Waals surface area (Å²) in [4.78, 5) is 10.3. The molecule has 2 N–H and O–H groups in total. The number of nitro groups is 1. The van der Waals surface area contributed by atoms with Crippen molar-refractivity contribution in [2.45, 2.75) is 0 Å². The lowest BCUT2D eigenvalue weighted by Crippen LogP contribution is -2.19. The molecule has 0 fully saturated rings. The largest absolute Gasteiger partial charge is 0.495 e. The molecule has 6 nitrogen and oxygen atoms in total. The van der Waals surface area contributed by atoms with Crippen molar-refractivity contribution in [2.75, 3.05) is 17.7 Å². The van der Waals surface area contributed by atoms with Gasteiger partial charge in [0.15, 0.2) is 5.11 Å². The molecule has 2 aromatic carbocycles. The monoisotopic (exact) mass is 337 g/mol. The molecule has 0 saturated heterocycles. The highest BCUT2D eigenvalue weighted by atomic mass is 35.5. The first-order valence-corrected chi connectivity index (χ1v) is 6.95. The normalized spacial score (nSPS) is 9.91. The van der Waals surface area contributed by atoms with E-state index in [1.54, 1.807) is 25.3 Å². The number of nitrogens with one attached hydrogen (secondary N) is 2. The summed E-state index contributed by atoms with van der Waals surface area (Å²) in [6.45, 7) is 0. The van der Waals surface area contributed by atoms with Gasteiger partial charge in [-0.3, -0.25) is 10.1 Å². The molecule has 0 aliphatic heterocycles. The van der Waals surface area contributed by atoms with E-state index < -0.39 is 4.92 Å². The predicted octanol–water partition coefficient (Wildman–Crippen LogP) is 4.07. The Morgan fingerprint density at radius 2 is 2.00 bits per heavy atom. The Labute approximate surface area is 137 Å². The third-order valence-corrected chi connectivity index (χ3v) is 3.28. The van der Waals surface area contributed by atoms with Crippen molar-refractivity contribution in [1.82, 2.24) is 0 Å². The molecular formula is C14H12ClN3O3S. The van der Waals surface area contributed by atoms with Crippen molar-refractivity contribution in [2.24, 2.45) is 0 Å². The van der Waals surface area contributed by atoms with Gasteiger partial charge in [0.1, 0.15) is 10.8 Å². The number of halogens is 1. The molecule has 2 rings (SSSR count). The number of hydrogen-bond acceptors (Lipinski definition) is 4. The summed E-state index contributed by atoms with van der Waals surface area (Å²) in [5, 5.41) is 17.0. The number of rotatable bonds is 4. The minimum atomic E-state index is -0.551. The van der Waals surface area contributed by atoms with Crippen LogP contribution in [0.5, 0.6) is 5.75 Å². The molecule has 0 aliphatic rings. The number of anilines is 2. The Morgan fingerprint density at radius 1 is 1.27 bits per heavy atom. The SMILES string of the molecule is COc1ccccc1NC(=S)Nc1ccc(Cl)c([N+](=O)[O-])c1. The lowest BCUT2D eigenvalue weighted by molar-refractivity contribution is -0.384. The number of methoxy groups -OCH3 is 1. The second-order valence-corrected chi connectivity index (χ2v) is 5.02. The summed E-state index contributed by atoms with van der Waals surface area (Å²) in [7, 11) is 1.56. The number of hydrogen-bond donors (Lipinski definition) is 2. The standard InChI is InChI=1S/C14H12ClN3O3S/c1-21-13-5-3-2-4-11(13)17-14(22)16-9-6-7-10(15)12(8-9)18(19)20/h2-8H,1H3,(H2,16,17,22). The maximum absolute atomic E-state index is 10.9. The second-order valence-electron chi connectivity index (χ2n) is 4.20. The molecule has 0 unspecified atom stereocenters. The fourth-order valence-electron chi connectivity index (χ4n) is 1.76. The highest BCUT2D eigenvalue weighted by Gasteiger charge is 2.13. The van der Waals surface area contributed by atoms with Crippen LogP contribution in [-0.4, -0.2) is 17.1 Å². The topological polar surface area (TPSA) is 76.4 Å². The Hall–Kier alpha value is -2.38. The van der Waals surface area contributed by atoms with Gasteiger partial charge in [0.2, 0.25) is 0 Å². The molecule has 0 aliphatic carbocycles. The van der Waals surface area contributed by atoms with Crippen LogP contribution in [-0.2, 0) is 0 Å². The van der Waals surface area contributed by atoms with Crippen molar-refractivity contribution >= 4 is 46.0 Å². The first kappa shape index (κ1) is 16.0. The molecule has 0 atom stereocenters. The average molecular weight is 338 g/mol. The Bertz CT molecular complexity index is 724. The molecule has 0 bridgehead atoms. The fourth-order valence-corrected chi connectivity index (χ4v) is 2.18. The zero-order chi connectivity index (χ0) is 16.1. The van der Waals surface area contributed by atoms with Crippen LogP contribution < -0.4 is 15.4 Å². The highest BCUT2D eigenvalue weighted by Crippen LogP contribution is 2.28. The third kappa shape index (κ3) is 3.84. The number of nitro benzene ring substituents is 1. The van der Waals surface area contributed by atoms with Crippen LogP contribution in [0.1, 0.15) is 0 Å². The Balaban J connectivity index is 2.12. The minimum Gasteiger partial charge on any atom is -0.495 e. The number of nitrogens with zero attached hydrogens (tertiary/aromatic N) is 1. The van der Waals surface area contributed by atoms with Gasteiger partial charge < -0.3 is 15.4 Å². The van der Waals surface area contributed by atoms with Crippen molar-refractivity contribution in [1.29, 1.82) is 0 Å². The third-order valence-electron chi connectivity index (χ3n) is 2.76. The molecule has 0 amide bonds. The quantitative estimate of drug-likeness (QED) is 0.497. The van der Waals surface area contributed by atoms with E-state index >= 15 is 0 Å². The fraction of sp³-hybridized carbons (Fsp3) is 0.0714. The molecule has 8 heteroatoms. The second kappa shape index (κ2) is 7.06. The Kier molecular flexibility index (Phi) is 5.13. The van der Waals surface area contributed by atoms with Gasteiger partial charge in [-0.1, -0.05) is 23.7 Å². The Morgan fingerprint density at radius 3 is 2.68 bits per heavy atom. The van der Waals surface area contributed by atoms with Gasteiger partial charge in [-0.25, -0.2) is 0 Å². The number of ether oxygens (including phenoxy) is 1. The highest BCUT2D eigenvalue weighted by molar-refractivity contribution is 7.80.